The van der Waals surface area contributed by atoms with Crippen LogP contribution < -0.4 is 5.32 Å². The first-order chi connectivity index (χ1) is 15.1. The average molecular weight is 429 g/mol. The minimum Gasteiger partial charge on any atom is -0.337 e. The molecular weight excluding hydrogens is 408 g/mol. The molecule has 0 atom stereocenters. The predicted octanol–water partition coefficient (Wildman–Crippen LogP) is 5.01. The lowest BCUT2D eigenvalue weighted by molar-refractivity contribution is 0.102. The van der Waals surface area contributed by atoms with Gasteiger partial charge in [0.1, 0.15) is 5.82 Å². The Kier molecular flexibility index (Phi) is 3.97. The molecule has 0 saturated heterocycles. The quantitative estimate of drug-likeness (QED) is 0.421. The van der Waals surface area contributed by atoms with E-state index < -0.39 is 0 Å². The molecule has 6 rings (SSSR count). The molecule has 0 unspecified atom stereocenters. The summed E-state index contributed by atoms with van der Waals surface area (Å²) in [6.07, 6.45) is 2.25. The van der Waals surface area contributed by atoms with Crippen molar-refractivity contribution in [1.29, 1.82) is 0 Å². The number of benzene rings is 1. The Labute approximate surface area is 182 Å². The molecule has 0 aliphatic heterocycles. The first kappa shape index (κ1) is 18.3. The number of aromatic nitrogens is 5. The number of anilines is 1. The number of nitrogens with one attached hydrogen (secondary N) is 2. The summed E-state index contributed by atoms with van der Waals surface area (Å²) in [6, 6.07) is 11.7. The van der Waals surface area contributed by atoms with E-state index in [1.807, 2.05) is 55.7 Å². The Morgan fingerprint density at radius 3 is 2.87 bits per heavy atom. The fourth-order valence-electron chi connectivity index (χ4n) is 4.05. The number of imidazole rings is 1. The number of carbonyl (C=O) groups is 1. The smallest absolute Gasteiger partial charge is 0.256 e. The number of carbonyl (C=O) groups excluding carboxylic acids is 1. The van der Waals surface area contributed by atoms with E-state index in [0.29, 0.717) is 11.5 Å². The second-order valence-electron chi connectivity index (χ2n) is 8.03. The maximum atomic E-state index is 13.3. The molecule has 1 aliphatic rings. The number of hydrogen-bond donors (Lipinski definition) is 2. The third-order valence-corrected chi connectivity index (χ3v) is 6.60. The lowest BCUT2D eigenvalue weighted by Gasteiger charge is -2.09. The molecule has 0 spiro atoms. The zero-order valence-corrected chi connectivity index (χ0v) is 18.0. The summed E-state index contributed by atoms with van der Waals surface area (Å²) >= 11 is 1.64. The van der Waals surface area contributed by atoms with Crippen LogP contribution in [0.25, 0.3) is 32.8 Å². The van der Waals surface area contributed by atoms with E-state index in [0.717, 1.165) is 62.7 Å². The molecule has 5 aromatic rings. The number of hydrogen-bond acceptors (Lipinski definition) is 5. The molecule has 8 heteroatoms. The van der Waals surface area contributed by atoms with Crippen molar-refractivity contribution in [3.63, 3.8) is 0 Å². The lowest BCUT2D eigenvalue weighted by atomic mass is 10.1. The van der Waals surface area contributed by atoms with Crippen LogP contribution in [0, 0.1) is 6.92 Å². The molecule has 1 saturated carbocycles. The molecule has 1 aliphatic carbocycles. The second-order valence-corrected chi connectivity index (χ2v) is 8.97. The highest BCUT2D eigenvalue weighted by Crippen LogP contribution is 2.40. The summed E-state index contributed by atoms with van der Waals surface area (Å²) in [5, 5.41) is 10.4. The van der Waals surface area contributed by atoms with E-state index in [1.165, 1.54) is 0 Å². The number of aryl methyl sites for hydroxylation is 2. The molecule has 0 radical (unpaired) electrons. The van der Waals surface area contributed by atoms with E-state index in [2.05, 4.69) is 20.4 Å². The summed E-state index contributed by atoms with van der Waals surface area (Å²) in [4.78, 5) is 27.2. The molecule has 31 heavy (non-hydrogen) atoms. The minimum absolute atomic E-state index is 0.150. The van der Waals surface area contributed by atoms with Gasteiger partial charge in [0.25, 0.3) is 5.91 Å². The van der Waals surface area contributed by atoms with Crippen LogP contribution in [0.15, 0.2) is 41.8 Å². The number of H-pyrrole nitrogens is 1. The number of fused-ring (bicyclic) bond motifs is 2. The van der Waals surface area contributed by atoms with Crippen LogP contribution in [0.1, 0.15) is 40.5 Å². The summed E-state index contributed by atoms with van der Waals surface area (Å²) < 4.78 is 1.76. The molecular formula is C23H20N6OS. The standard InChI is InChI=1S/C23H20N6OS/c1-12-20-15(11-17(13-5-6-13)27-22(20)29(2)28-12)23(30)24-14-7-8-16-18(10-14)26-21(25-16)19-4-3-9-31-19/h3-4,7-11,13H,5-6H2,1-2H3,(H,24,30)(H,25,26). The van der Waals surface area contributed by atoms with E-state index in [9.17, 15) is 4.79 Å². The molecule has 7 nitrogen and oxygen atoms in total. The Morgan fingerprint density at radius 1 is 1.23 bits per heavy atom. The topological polar surface area (TPSA) is 88.5 Å². The molecule has 2 N–H and O–H groups in total. The fraction of sp³-hybridized carbons (Fsp3) is 0.217. The van der Waals surface area contributed by atoms with Gasteiger partial charge in [0.2, 0.25) is 0 Å². The van der Waals surface area contributed by atoms with Gasteiger partial charge in [0.15, 0.2) is 5.65 Å². The highest BCUT2D eigenvalue weighted by Gasteiger charge is 2.28. The van der Waals surface area contributed by atoms with Crippen LogP contribution in [0.5, 0.6) is 0 Å². The largest absolute Gasteiger partial charge is 0.337 e. The third kappa shape index (κ3) is 3.11. The SMILES string of the molecule is Cc1nn(C)c2nc(C3CC3)cc(C(=O)Nc3ccc4nc(-c5cccs5)[nH]c4c3)c12. The van der Waals surface area contributed by atoms with Crippen LogP contribution in [-0.4, -0.2) is 30.6 Å². The van der Waals surface area contributed by atoms with Crippen molar-refractivity contribution in [1.82, 2.24) is 24.7 Å². The normalized spacial score (nSPS) is 13.9. The molecule has 154 valence electrons. The number of nitrogens with zero attached hydrogens (tertiary/aromatic N) is 4. The monoisotopic (exact) mass is 428 g/mol. The summed E-state index contributed by atoms with van der Waals surface area (Å²) in [6.45, 7) is 1.92. The molecule has 1 aromatic carbocycles. The third-order valence-electron chi connectivity index (χ3n) is 5.72. The van der Waals surface area contributed by atoms with Gasteiger partial charge in [-0.3, -0.25) is 9.48 Å². The van der Waals surface area contributed by atoms with Gasteiger partial charge >= 0.3 is 0 Å². The van der Waals surface area contributed by atoms with Gasteiger partial charge in [-0.2, -0.15) is 5.10 Å². The predicted molar refractivity (Wildman–Crippen MR) is 123 cm³/mol. The van der Waals surface area contributed by atoms with Gasteiger partial charge in [-0.1, -0.05) is 6.07 Å². The Bertz CT molecular complexity index is 1460. The summed E-state index contributed by atoms with van der Waals surface area (Å²) in [5.41, 5.74) is 5.65. The van der Waals surface area contributed by atoms with Crippen molar-refractivity contribution in [2.75, 3.05) is 5.32 Å². The van der Waals surface area contributed by atoms with Crippen LogP contribution >= 0.6 is 11.3 Å². The van der Waals surface area contributed by atoms with Gasteiger partial charge in [-0.15, -0.1) is 11.3 Å². The Morgan fingerprint density at radius 2 is 2.10 bits per heavy atom. The number of rotatable bonds is 4. The van der Waals surface area contributed by atoms with Crippen LogP contribution in [0.3, 0.4) is 0 Å². The van der Waals surface area contributed by atoms with Gasteiger partial charge in [0.05, 0.1) is 32.6 Å². The minimum atomic E-state index is -0.150. The van der Waals surface area contributed by atoms with Crippen molar-refractivity contribution >= 4 is 45.0 Å². The molecule has 4 aromatic heterocycles. The van der Waals surface area contributed by atoms with Gasteiger partial charge < -0.3 is 10.3 Å². The van der Waals surface area contributed by atoms with Crippen molar-refractivity contribution in [2.45, 2.75) is 25.7 Å². The number of thiophene rings is 1. The number of aromatic amines is 1. The van der Waals surface area contributed by atoms with Crippen molar-refractivity contribution in [3.8, 4) is 10.7 Å². The van der Waals surface area contributed by atoms with Gasteiger partial charge in [-0.25, -0.2) is 9.97 Å². The summed E-state index contributed by atoms with van der Waals surface area (Å²) in [5.74, 6) is 1.13. The first-order valence-corrected chi connectivity index (χ1v) is 11.1. The van der Waals surface area contributed by atoms with Gasteiger partial charge in [0, 0.05) is 24.3 Å². The number of amides is 1. The van der Waals surface area contributed by atoms with E-state index >= 15 is 0 Å². The number of pyridine rings is 1. The van der Waals surface area contributed by atoms with Crippen molar-refractivity contribution < 1.29 is 4.79 Å². The molecule has 1 fully saturated rings. The highest BCUT2D eigenvalue weighted by atomic mass is 32.1. The highest BCUT2D eigenvalue weighted by molar-refractivity contribution is 7.13. The fourth-order valence-corrected chi connectivity index (χ4v) is 4.72. The summed E-state index contributed by atoms with van der Waals surface area (Å²) in [7, 11) is 1.87. The molecule has 4 heterocycles. The van der Waals surface area contributed by atoms with Crippen LogP contribution in [-0.2, 0) is 7.05 Å². The van der Waals surface area contributed by atoms with Crippen molar-refractivity contribution in [2.24, 2.45) is 7.05 Å². The van der Waals surface area contributed by atoms with Crippen molar-refractivity contribution in [3.05, 3.63) is 58.7 Å². The first-order valence-electron chi connectivity index (χ1n) is 10.3. The second kappa shape index (κ2) is 6.75. The Hall–Kier alpha value is -3.52. The van der Waals surface area contributed by atoms with E-state index in [-0.39, 0.29) is 5.91 Å². The maximum Gasteiger partial charge on any atom is 0.256 e. The van der Waals surface area contributed by atoms with Crippen LogP contribution in [0.4, 0.5) is 5.69 Å². The van der Waals surface area contributed by atoms with E-state index in [4.69, 9.17) is 4.98 Å². The average Bonchev–Trinajstić information content (AvgIpc) is 3.17. The van der Waals surface area contributed by atoms with E-state index in [1.54, 1.807) is 16.0 Å². The maximum absolute atomic E-state index is 13.3. The van der Waals surface area contributed by atoms with Gasteiger partial charge in [-0.05, 0) is 55.5 Å². The lowest BCUT2D eigenvalue weighted by Crippen LogP contribution is -2.13. The molecule has 1 amide bonds. The Balaban J connectivity index is 1.37. The zero-order valence-electron chi connectivity index (χ0n) is 17.1. The zero-order chi connectivity index (χ0) is 21.1. The molecule has 0 bridgehead atoms. The van der Waals surface area contributed by atoms with Crippen LogP contribution in [0.2, 0.25) is 0 Å².